The van der Waals surface area contributed by atoms with Crippen LogP contribution >= 0.6 is 23.2 Å². The minimum atomic E-state index is -1.06. The smallest absolute Gasteiger partial charge is 0.245 e. The number of benzene rings is 2. The minimum Gasteiger partial charge on any atom is -0.368 e. The molecule has 3 aromatic rings. The van der Waals surface area contributed by atoms with Crippen LogP contribution < -0.4 is 11.1 Å². The highest BCUT2D eigenvalue weighted by molar-refractivity contribution is 6.32. The van der Waals surface area contributed by atoms with Crippen LogP contribution in [0.5, 0.6) is 0 Å². The molecule has 1 saturated carbocycles. The van der Waals surface area contributed by atoms with Gasteiger partial charge in [-0.25, -0.2) is 9.67 Å². The molecule has 168 valence electrons. The van der Waals surface area contributed by atoms with Crippen molar-refractivity contribution in [1.29, 1.82) is 5.26 Å². The lowest BCUT2D eigenvalue weighted by atomic mass is 9.97. The van der Waals surface area contributed by atoms with E-state index in [1.165, 1.54) is 0 Å². The van der Waals surface area contributed by atoms with E-state index in [0.717, 1.165) is 29.7 Å². The Morgan fingerprint density at radius 1 is 1.18 bits per heavy atom. The number of carbonyl (C=O) groups excluding carboxylic acids is 1. The Bertz CT molecular complexity index is 1270. The number of halogens is 2. The number of amidine groups is 1. The van der Waals surface area contributed by atoms with Crippen molar-refractivity contribution in [3.8, 4) is 23.1 Å². The number of aromatic nitrogens is 2. The number of carbonyl (C=O) groups is 1. The standard InChI is InChI=1S/C24H22Cl2N6O/c1-15-20(22(29-14-27)30-24(23(28)33)12-4-5-13-24)31-32(19-7-3-2-6-18(19)26)21(15)16-8-10-17(25)11-9-16/h2-3,6-11H,4-5,12-13H2,1H3,(H2,28,33)(H,29,30). The summed E-state index contributed by atoms with van der Waals surface area (Å²) in [7, 11) is 0. The average Bonchev–Trinajstić information content (AvgIpc) is 3.40. The summed E-state index contributed by atoms with van der Waals surface area (Å²) in [5.74, 6) is -0.296. The fourth-order valence-electron chi connectivity index (χ4n) is 4.25. The molecule has 7 nitrogen and oxygen atoms in total. The van der Waals surface area contributed by atoms with Crippen molar-refractivity contribution in [1.82, 2.24) is 15.1 Å². The molecule has 0 aliphatic heterocycles. The summed E-state index contributed by atoms with van der Waals surface area (Å²) in [6, 6.07) is 14.7. The van der Waals surface area contributed by atoms with Crippen molar-refractivity contribution in [2.45, 2.75) is 38.1 Å². The van der Waals surface area contributed by atoms with E-state index >= 15 is 0 Å². The lowest BCUT2D eigenvalue weighted by molar-refractivity contribution is -0.122. The van der Waals surface area contributed by atoms with Crippen molar-refractivity contribution >= 4 is 34.9 Å². The molecule has 0 bridgehead atoms. The first-order chi connectivity index (χ1) is 15.9. The van der Waals surface area contributed by atoms with Crippen LogP contribution in [-0.4, -0.2) is 27.1 Å². The fraction of sp³-hybridized carbons (Fsp3) is 0.250. The van der Waals surface area contributed by atoms with E-state index in [-0.39, 0.29) is 5.84 Å². The van der Waals surface area contributed by atoms with E-state index in [2.05, 4.69) is 10.3 Å². The molecule has 1 fully saturated rings. The van der Waals surface area contributed by atoms with Crippen molar-refractivity contribution < 1.29 is 4.79 Å². The van der Waals surface area contributed by atoms with Crippen LogP contribution in [0.15, 0.2) is 53.5 Å². The summed E-state index contributed by atoms with van der Waals surface area (Å²) in [5.41, 5.74) is 8.17. The van der Waals surface area contributed by atoms with Crippen molar-refractivity contribution in [2.24, 2.45) is 10.7 Å². The molecule has 1 heterocycles. The largest absolute Gasteiger partial charge is 0.368 e. The second-order valence-electron chi connectivity index (χ2n) is 7.99. The first-order valence-corrected chi connectivity index (χ1v) is 11.3. The topological polar surface area (TPSA) is 109 Å². The predicted molar refractivity (Wildman–Crippen MR) is 129 cm³/mol. The highest BCUT2D eigenvalue weighted by atomic mass is 35.5. The van der Waals surface area contributed by atoms with Gasteiger partial charge < -0.3 is 5.73 Å². The van der Waals surface area contributed by atoms with Crippen molar-refractivity contribution in [3.63, 3.8) is 0 Å². The van der Waals surface area contributed by atoms with Gasteiger partial charge in [-0.15, -0.1) is 0 Å². The van der Waals surface area contributed by atoms with Gasteiger partial charge in [-0.3, -0.25) is 10.1 Å². The maximum Gasteiger partial charge on any atom is 0.245 e. The van der Waals surface area contributed by atoms with Crippen LogP contribution in [0.2, 0.25) is 10.0 Å². The van der Waals surface area contributed by atoms with Crippen LogP contribution in [0.25, 0.3) is 16.9 Å². The Labute approximate surface area is 201 Å². The number of primary amides is 1. The number of nitrogens with one attached hydrogen (secondary N) is 1. The maximum absolute atomic E-state index is 12.3. The summed E-state index contributed by atoms with van der Waals surface area (Å²) in [6.07, 6.45) is 4.68. The number of rotatable bonds is 5. The number of amides is 1. The lowest BCUT2D eigenvalue weighted by Crippen LogP contribution is -2.42. The van der Waals surface area contributed by atoms with Crippen molar-refractivity contribution in [3.05, 3.63) is 69.8 Å². The van der Waals surface area contributed by atoms with Gasteiger partial charge in [0.05, 0.1) is 16.4 Å². The molecule has 4 rings (SSSR count). The molecule has 1 amide bonds. The molecule has 0 spiro atoms. The number of aliphatic imine (C=N–C) groups is 1. The predicted octanol–water partition coefficient (Wildman–Crippen LogP) is 4.77. The SMILES string of the molecule is Cc1c(C(=NC2(C(N)=O)CCCC2)NC#N)nn(-c2ccccc2Cl)c1-c1ccc(Cl)cc1. The number of nitrogens with zero attached hydrogens (tertiary/aromatic N) is 4. The maximum atomic E-state index is 12.3. The van der Waals surface area contributed by atoms with Crippen LogP contribution in [0.1, 0.15) is 36.9 Å². The summed E-state index contributed by atoms with van der Waals surface area (Å²) in [4.78, 5) is 17.0. The van der Waals surface area contributed by atoms with Gasteiger partial charge in [0.25, 0.3) is 0 Å². The Balaban J connectivity index is 1.97. The summed E-state index contributed by atoms with van der Waals surface area (Å²) >= 11 is 12.6. The molecule has 33 heavy (non-hydrogen) atoms. The first-order valence-electron chi connectivity index (χ1n) is 10.5. The first kappa shape index (κ1) is 22.8. The molecule has 1 aliphatic rings. The molecule has 1 aliphatic carbocycles. The van der Waals surface area contributed by atoms with Crippen LogP contribution in [0.4, 0.5) is 0 Å². The van der Waals surface area contributed by atoms with E-state index in [0.29, 0.717) is 34.3 Å². The number of nitriles is 1. The minimum absolute atomic E-state index is 0.205. The Morgan fingerprint density at radius 3 is 2.45 bits per heavy atom. The van der Waals surface area contributed by atoms with Crippen LogP contribution in [0, 0.1) is 18.4 Å². The Kier molecular flexibility index (Phi) is 6.41. The van der Waals surface area contributed by atoms with E-state index in [1.54, 1.807) is 22.9 Å². The Morgan fingerprint density at radius 2 is 1.85 bits per heavy atom. The van der Waals surface area contributed by atoms with Gasteiger partial charge in [0.15, 0.2) is 12.0 Å². The molecule has 3 N–H and O–H groups in total. The molecule has 1 aromatic heterocycles. The normalized spacial score (nSPS) is 15.3. The molecular formula is C24H22Cl2N6O. The lowest BCUT2D eigenvalue weighted by Gasteiger charge is -2.21. The number of hydrogen-bond donors (Lipinski definition) is 2. The number of para-hydroxylation sites is 1. The molecule has 0 radical (unpaired) electrons. The zero-order valence-corrected chi connectivity index (χ0v) is 19.5. The van der Waals surface area contributed by atoms with Gasteiger partial charge in [0.1, 0.15) is 11.2 Å². The quantitative estimate of drug-likeness (QED) is 0.237. The van der Waals surface area contributed by atoms with Gasteiger partial charge >= 0.3 is 0 Å². The van der Waals surface area contributed by atoms with Crippen LogP contribution in [-0.2, 0) is 4.79 Å². The number of nitrogens with two attached hydrogens (primary N) is 1. The molecule has 9 heteroatoms. The summed E-state index contributed by atoms with van der Waals surface area (Å²) < 4.78 is 1.72. The van der Waals surface area contributed by atoms with E-state index in [4.69, 9.17) is 34.0 Å². The zero-order chi connectivity index (χ0) is 23.6. The van der Waals surface area contributed by atoms with Gasteiger partial charge in [-0.1, -0.05) is 60.3 Å². The van der Waals surface area contributed by atoms with Gasteiger partial charge in [-0.05, 0) is 44.0 Å². The average molecular weight is 481 g/mol. The third-order valence-electron chi connectivity index (χ3n) is 5.93. The molecule has 2 aromatic carbocycles. The van der Waals surface area contributed by atoms with Crippen molar-refractivity contribution in [2.75, 3.05) is 0 Å². The fourth-order valence-corrected chi connectivity index (χ4v) is 4.59. The third kappa shape index (κ3) is 4.32. The van der Waals surface area contributed by atoms with E-state index < -0.39 is 11.4 Å². The van der Waals surface area contributed by atoms with Gasteiger partial charge in [0.2, 0.25) is 5.91 Å². The molecule has 0 unspecified atom stereocenters. The molecule has 0 saturated heterocycles. The summed E-state index contributed by atoms with van der Waals surface area (Å²) in [5, 5.41) is 18.0. The molecule has 0 atom stereocenters. The van der Waals surface area contributed by atoms with Gasteiger partial charge in [0, 0.05) is 16.1 Å². The second kappa shape index (κ2) is 9.26. The second-order valence-corrected chi connectivity index (χ2v) is 8.84. The highest BCUT2D eigenvalue weighted by Gasteiger charge is 2.40. The summed E-state index contributed by atoms with van der Waals surface area (Å²) in [6.45, 7) is 1.89. The monoisotopic (exact) mass is 480 g/mol. The third-order valence-corrected chi connectivity index (χ3v) is 6.51. The van der Waals surface area contributed by atoms with Gasteiger partial charge in [-0.2, -0.15) is 10.4 Å². The highest BCUT2D eigenvalue weighted by Crippen LogP contribution is 2.35. The Hall–Kier alpha value is -3.34. The molecular weight excluding hydrogens is 459 g/mol. The van der Waals surface area contributed by atoms with E-state index in [9.17, 15) is 10.1 Å². The zero-order valence-electron chi connectivity index (χ0n) is 18.0. The van der Waals surface area contributed by atoms with E-state index in [1.807, 2.05) is 43.4 Å². The van der Waals surface area contributed by atoms with Crippen LogP contribution in [0.3, 0.4) is 0 Å². The number of hydrogen-bond acceptors (Lipinski definition) is 4.